The number of nitrogens with one attached hydrogen (secondary N) is 3. The molecule has 4 aliphatic rings. The second kappa shape index (κ2) is 14.5. The molecule has 2 aromatic carbocycles. The van der Waals surface area contributed by atoms with Crippen LogP contribution >= 0.6 is 0 Å². The van der Waals surface area contributed by atoms with Crippen molar-refractivity contribution in [2.45, 2.75) is 71.4 Å². The molecule has 2 aromatic rings. The maximum absolute atomic E-state index is 14.4. The summed E-state index contributed by atoms with van der Waals surface area (Å²) >= 11 is 0. The number of hydrogen-bond donors (Lipinski definition) is 4. The van der Waals surface area contributed by atoms with E-state index in [4.69, 9.17) is 14.3 Å². The highest BCUT2D eigenvalue weighted by molar-refractivity contribution is 5.97. The average molecular weight is 680 g/mol. The number of fused-ring (bicyclic) bond motifs is 2. The highest BCUT2D eigenvalue weighted by Crippen LogP contribution is 2.61. The van der Waals surface area contributed by atoms with Gasteiger partial charge in [0, 0.05) is 56.6 Å². The van der Waals surface area contributed by atoms with Crippen molar-refractivity contribution in [3.05, 3.63) is 47.5 Å². The highest BCUT2D eigenvalue weighted by Gasteiger charge is 2.57. The van der Waals surface area contributed by atoms with Crippen LogP contribution in [-0.2, 0) is 20.9 Å². The first-order chi connectivity index (χ1) is 23.2. The molecule has 12 nitrogen and oxygen atoms in total. The lowest BCUT2D eigenvalue weighted by molar-refractivity contribution is -0.183. The summed E-state index contributed by atoms with van der Waals surface area (Å²) in [6.07, 6.45) is -0.0894. The molecule has 1 saturated heterocycles. The Morgan fingerprint density at radius 2 is 1.86 bits per heavy atom. The highest BCUT2D eigenvalue weighted by atomic mass is 16.7. The number of ether oxygens (including phenoxy) is 2. The zero-order valence-corrected chi connectivity index (χ0v) is 30.2. The summed E-state index contributed by atoms with van der Waals surface area (Å²) in [6, 6.07) is 10.5. The molecule has 1 aliphatic heterocycles. The van der Waals surface area contributed by atoms with Crippen LogP contribution in [0.5, 0.6) is 5.75 Å². The Balaban J connectivity index is 1.50. The van der Waals surface area contributed by atoms with Crippen molar-refractivity contribution < 1.29 is 33.8 Å². The van der Waals surface area contributed by atoms with Crippen LogP contribution in [0.3, 0.4) is 0 Å². The van der Waals surface area contributed by atoms with Gasteiger partial charge in [-0.3, -0.25) is 14.4 Å². The molecule has 1 heterocycles. The van der Waals surface area contributed by atoms with Crippen LogP contribution in [0, 0.1) is 29.1 Å². The first-order valence-corrected chi connectivity index (χ1v) is 17.2. The fraction of sp³-hybridized carbons (Fsp3) is 0.595. The van der Waals surface area contributed by atoms with E-state index < -0.39 is 30.3 Å². The van der Waals surface area contributed by atoms with Crippen LogP contribution < -0.4 is 25.6 Å². The Bertz CT molecular complexity index is 1550. The average Bonchev–Trinajstić information content (AvgIpc) is 3.46. The molecule has 1 unspecified atom stereocenters. The third-order valence-electron chi connectivity index (χ3n) is 11.4. The normalized spacial score (nSPS) is 27.8. The number of aliphatic hydroxyl groups excluding tert-OH is 1. The molecule has 3 aliphatic carbocycles. The molecule has 4 N–H and O–H groups in total. The van der Waals surface area contributed by atoms with Crippen LogP contribution in [0.1, 0.15) is 56.5 Å². The predicted molar refractivity (Wildman–Crippen MR) is 187 cm³/mol. The number of anilines is 1. The van der Waals surface area contributed by atoms with Crippen molar-refractivity contribution in [1.29, 1.82) is 0 Å². The smallest absolute Gasteiger partial charge is 0.407 e. The van der Waals surface area contributed by atoms with Gasteiger partial charge in [-0.1, -0.05) is 39.0 Å². The molecule has 0 spiro atoms. The molecule has 4 fully saturated rings. The first-order valence-electron chi connectivity index (χ1n) is 17.2. The molecule has 0 aromatic heterocycles. The number of amides is 3. The van der Waals surface area contributed by atoms with E-state index in [1.54, 1.807) is 26.1 Å². The van der Waals surface area contributed by atoms with Crippen LogP contribution in [0.15, 0.2) is 36.4 Å². The van der Waals surface area contributed by atoms with E-state index in [2.05, 4.69) is 36.7 Å². The largest absolute Gasteiger partial charge is 0.496 e. The van der Waals surface area contributed by atoms with Gasteiger partial charge in [0.05, 0.1) is 26.2 Å². The summed E-state index contributed by atoms with van der Waals surface area (Å²) in [5.41, 5.74) is 3.90. The molecule has 2 bridgehead atoms. The third kappa shape index (κ3) is 6.95. The quantitative estimate of drug-likeness (QED) is 0.279. The number of rotatable bonds is 11. The van der Waals surface area contributed by atoms with Gasteiger partial charge < -0.3 is 35.4 Å². The first kappa shape index (κ1) is 36.4. The summed E-state index contributed by atoms with van der Waals surface area (Å²) in [6.45, 7) is 8.36. The van der Waals surface area contributed by atoms with E-state index in [0.29, 0.717) is 29.1 Å². The minimum absolute atomic E-state index is 0.00599. The molecular formula is C37H53N5O7. The van der Waals surface area contributed by atoms with E-state index in [-0.39, 0.29) is 36.4 Å². The molecule has 49 heavy (non-hydrogen) atoms. The maximum Gasteiger partial charge on any atom is 0.407 e. The number of methoxy groups -OCH3 is 1. The van der Waals surface area contributed by atoms with Gasteiger partial charge in [0.15, 0.2) is 0 Å². The van der Waals surface area contributed by atoms with E-state index in [1.165, 1.54) is 13.5 Å². The SMILES string of the molecule is CNC(=O)O[C@@H](C)[C@H]1[C@H](CO)ON(Cc2cccc(-c3cc(C(=O)NC)cc(N(C)C)c3)c2OC)[C@@H]1C(=O)N[C@H]1CC2C[C@@H]([C@@H]1C)C2(C)C. The summed E-state index contributed by atoms with van der Waals surface area (Å²) in [5.74, 6) is 0.856. The van der Waals surface area contributed by atoms with Crippen molar-refractivity contribution in [2.24, 2.45) is 29.1 Å². The number of hydroxylamine groups is 2. The van der Waals surface area contributed by atoms with Gasteiger partial charge in [0.25, 0.3) is 5.91 Å². The number of aliphatic hydroxyl groups is 1. The molecule has 3 saturated carbocycles. The predicted octanol–water partition coefficient (Wildman–Crippen LogP) is 3.81. The number of carbonyl (C=O) groups excluding carboxylic acids is 3. The van der Waals surface area contributed by atoms with Gasteiger partial charge in [0.1, 0.15) is 24.0 Å². The Labute approximate surface area is 289 Å². The van der Waals surface area contributed by atoms with E-state index in [9.17, 15) is 19.5 Å². The number of hydrogen-bond acceptors (Lipinski definition) is 9. The third-order valence-corrected chi connectivity index (χ3v) is 11.4. The van der Waals surface area contributed by atoms with Gasteiger partial charge in [-0.05, 0) is 66.7 Å². The topological polar surface area (TPSA) is 142 Å². The van der Waals surface area contributed by atoms with Gasteiger partial charge in [-0.15, -0.1) is 0 Å². The zero-order valence-electron chi connectivity index (χ0n) is 30.2. The van der Waals surface area contributed by atoms with Crippen LogP contribution in [-0.4, -0.2) is 94.3 Å². The summed E-state index contributed by atoms with van der Waals surface area (Å²) < 4.78 is 11.6. The number of alkyl carbamates (subject to hydrolysis) is 1. The number of benzene rings is 2. The van der Waals surface area contributed by atoms with Crippen LogP contribution in [0.2, 0.25) is 0 Å². The fourth-order valence-corrected chi connectivity index (χ4v) is 8.42. The summed E-state index contributed by atoms with van der Waals surface area (Å²) in [7, 11) is 8.49. The number of nitrogens with zero attached hydrogens (tertiary/aromatic N) is 2. The lowest BCUT2D eigenvalue weighted by Gasteiger charge is -2.62. The van der Waals surface area contributed by atoms with Crippen molar-refractivity contribution in [2.75, 3.05) is 46.8 Å². The second-order valence-electron chi connectivity index (χ2n) is 14.6. The van der Waals surface area contributed by atoms with Crippen molar-refractivity contribution >= 4 is 23.6 Å². The lowest BCUT2D eigenvalue weighted by Crippen LogP contribution is -2.62. The monoisotopic (exact) mass is 679 g/mol. The van der Waals surface area contributed by atoms with Gasteiger partial charge in [0.2, 0.25) is 5.91 Å². The minimum Gasteiger partial charge on any atom is -0.496 e. The Hall–Kier alpha value is -3.87. The fourth-order valence-electron chi connectivity index (χ4n) is 8.42. The minimum atomic E-state index is -0.874. The van der Waals surface area contributed by atoms with Gasteiger partial charge in [-0.2, -0.15) is 5.06 Å². The second-order valence-corrected chi connectivity index (χ2v) is 14.6. The molecule has 268 valence electrons. The molecule has 6 rings (SSSR count). The standard InChI is InChI=1S/C37H53N5O7/c1-20-28-16-25(37(28,3)4)17-29(20)40-35(45)32-31(21(2)48-36(46)39-6)30(19-43)49-42(32)18-22-11-10-12-27(33(22)47-9)23-13-24(34(44)38-5)15-26(14-23)41(7)8/h10-15,20-21,25,28-32,43H,16-19H2,1-9H3,(H,38,44)(H,39,46)(H,40,45)/t20-,21-,25?,28-,29-,30-,31-,32-/m0/s1. The summed E-state index contributed by atoms with van der Waals surface area (Å²) in [5, 5.41) is 20.6. The number of carbonyl (C=O) groups is 3. The Morgan fingerprint density at radius 1 is 1.12 bits per heavy atom. The Kier molecular flexibility index (Phi) is 10.8. The van der Waals surface area contributed by atoms with Crippen molar-refractivity contribution in [3.8, 4) is 16.9 Å². The van der Waals surface area contributed by atoms with E-state index >= 15 is 0 Å². The van der Waals surface area contributed by atoms with Gasteiger partial charge in [-0.25, -0.2) is 4.79 Å². The van der Waals surface area contributed by atoms with E-state index in [1.807, 2.05) is 55.4 Å². The molecular weight excluding hydrogens is 626 g/mol. The van der Waals surface area contributed by atoms with Crippen LogP contribution in [0.4, 0.5) is 10.5 Å². The number of para-hydroxylation sites is 1. The lowest BCUT2D eigenvalue weighted by atomic mass is 9.45. The summed E-state index contributed by atoms with van der Waals surface area (Å²) in [4.78, 5) is 47.7. The maximum atomic E-state index is 14.4. The molecule has 0 radical (unpaired) electrons. The molecule has 3 amide bonds. The molecule has 12 heteroatoms. The van der Waals surface area contributed by atoms with Crippen molar-refractivity contribution in [1.82, 2.24) is 21.0 Å². The molecule has 8 atom stereocenters. The van der Waals surface area contributed by atoms with Crippen molar-refractivity contribution in [3.63, 3.8) is 0 Å². The van der Waals surface area contributed by atoms with E-state index in [0.717, 1.165) is 28.8 Å². The zero-order chi connectivity index (χ0) is 35.8. The van der Waals surface area contributed by atoms with Crippen LogP contribution in [0.25, 0.3) is 11.1 Å². The Morgan fingerprint density at radius 3 is 2.45 bits per heavy atom. The van der Waals surface area contributed by atoms with Gasteiger partial charge >= 0.3 is 6.09 Å².